The average molecular weight is 682 g/mol. The summed E-state index contributed by atoms with van der Waals surface area (Å²) < 4.78 is 40.5. The van der Waals surface area contributed by atoms with E-state index in [-0.39, 0.29) is 30.9 Å². The Kier molecular flexibility index (Phi) is 14.7. The largest absolute Gasteiger partial charge is 0.493 e. The first-order valence-corrected chi connectivity index (χ1v) is 16.6. The van der Waals surface area contributed by atoms with E-state index in [1.54, 1.807) is 24.4 Å². The van der Waals surface area contributed by atoms with Crippen LogP contribution < -0.4 is 9.64 Å². The van der Waals surface area contributed by atoms with Crippen molar-refractivity contribution in [2.24, 2.45) is 5.92 Å². The highest BCUT2D eigenvalue weighted by molar-refractivity contribution is 5.79. The molecule has 0 bridgehead atoms. The Morgan fingerprint density at radius 1 is 0.938 bits per heavy atom. The van der Waals surface area contributed by atoms with E-state index in [1.807, 2.05) is 0 Å². The van der Waals surface area contributed by atoms with Crippen LogP contribution in [0.3, 0.4) is 0 Å². The molecule has 0 saturated carbocycles. The van der Waals surface area contributed by atoms with Gasteiger partial charge in [0.15, 0.2) is 0 Å². The van der Waals surface area contributed by atoms with Crippen LogP contribution in [0.5, 0.6) is 5.75 Å². The first kappa shape index (κ1) is 37.8. The zero-order chi connectivity index (χ0) is 34.6. The molecule has 0 unspecified atom stereocenters. The number of carbonyl (C=O) groups is 1. The van der Waals surface area contributed by atoms with E-state index in [1.165, 1.54) is 4.90 Å². The maximum absolute atomic E-state index is 14.9. The summed E-state index contributed by atoms with van der Waals surface area (Å²) in [7, 11) is 1.64. The maximum Gasteiger partial charge on any atom is 0.227 e. The molecule has 15 heteroatoms. The number of piperidine rings is 1. The minimum Gasteiger partial charge on any atom is -0.493 e. The third-order valence-electron chi connectivity index (χ3n) is 9.11. The number of aliphatic hydroxyl groups is 5. The summed E-state index contributed by atoms with van der Waals surface area (Å²) in [6.07, 6.45) is 1.58. The van der Waals surface area contributed by atoms with Crippen LogP contribution >= 0.6 is 0 Å². The van der Waals surface area contributed by atoms with Gasteiger partial charge in [-0.1, -0.05) is 6.42 Å². The minimum atomic E-state index is -1.72. The number of unbranched alkanes of at least 4 members (excludes halogenated alkanes) is 1. The van der Waals surface area contributed by atoms with Gasteiger partial charge in [-0.15, -0.1) is 0 Å². The summed E-state index contributed by atoms with van der Waals surface area (Å²) >= 11 is 0. The highest BCUT2D eigenvalue weighted by atomic mass is 19.1. The molecule has 2 fully saturated rings. The topological polar surface area (TPSA) is 172 Å². The van der Waals surface area contributed by atoms with Gasteiger partial charge in [-0.05, 0) is 31.6 Å². The molecular weight excluding hydrogens is 632 g/mol. The van der Waals surface area contributed by atoms with Crippen LogP contribution in [0.2, 0.25) is 0 Å². The standard InChI is InChI=1S/C33H49F2N5O8/c1-47-21-23-17-36-33(37-18-23)40-7-5-22(6-8-40)4-2-3-13-48-24-14-26(34)25(27(35)15-24)16-30(44)39-11-9-38(10-12-39)19-28(42)31(45)32(46)29(43)20-41/h14-15,17-18,22,28-29,31-32,41-43,45-46H,2-13,16,19-21H2,1H3/t28-,29+,31+,32+/m0/s1. The number of benzene rings is 1. The molecule has 2 aliphatic heterocycles. The van der Waals surface area contributed by atoms with Crippen molar-refractivity contribution < 1.29 is 48.6 Å². The molecule has 0 radical (unpaired) electrons. The molecule has 2 saturated heterocycles. The molecule has 1 aromatic carbocycles. The first-order chi connectivity index (χ1) is 23.1. The van der Waals surface area contributed by atoms with Gasteiger partial charge < -0.3 is 44.8 Å². The average Bonchev–Trinajstić information content (AvgIpc) is 3.09. The van der Waals surface area contributed by atoms with E-state index in [0.29, 0.717) is 32.2 Å². The van der Waals surface area contributed by atoms with Crippen molar-refractivity contribution in [2.45, 2.75) is 69.5 Å². The van der Waals surface area contributed by atoms with E-state index in [4.69, 9.17) is 14.6 Å². The summed E-state index contributed by atoms with van der Waals surface area (Å²) in [5.41, 5.74) is 0.613. The molecule has 0 spiro atoms. The number of anilines is 1. The summed E-state index contributed by atoms with van der Waals surface area (Å²) in [6, 6.07) is 2.22. The SMILES string of the molecule is COCc1cnc(N2CCC(CCCCOc3cc(F)c(CC(=O)N4CCN(C[C@H](O)[C@@H](O)[C@H](O)[C@H](O)CO)CC4)c(F)c3)CC2)nc1. The molecule has 4 atom stereocenters. The highest BCUT2D eigenvalue weighted by Gasteiger charge is 2.32. The van der Waals surface area contributed by atoms with Crippen molar-refractivity contribution >= 4 is 11.9 Å². The molecule has 2 aliphatic rings. The first-order valence-electron chi connectivity index (χ1n) is 16.6. The van der Waals surface area contributed by atoms with Crippen LogP contribution in [0.4, 0.5) is 14.7 Å². The fraction of sp³-hybridized carbons (Fsp3) is 0.667. The fourth-order valence-electron chi connectivity index (χ4n) is 6.11. The zero-order valence-electron chi connectivity index (χ0n) is 27.5. The van der Waals surface area contributed by atoms with Crippen molar-refractivity contribution in [3.63, 3.8) is 0 Å². The number of rotatable bonds is 17. The number of carbonyl (C=O) groups excluding carboxylic acids is 1. The number of hydrogen-bond donors (Lipinski definition) is 5. The Morgan fingerprint density at radius 3 is 2.17 bits per heavy atom. The summed E-state index contributed by atoms with van der Waals surface area (Å²) in [5.74, 6) is -0.723. The molecule has 4 rings (SSSR count). The lowest BCUT2D eigenvalue weighted by Crippen LogP contribution is -2.54. The van der Waals surface area contributed by atoms with Crippen molar-refractivity contribution in [3.05, 3.63) is 47.3 Å². The van der Waals surface area contributed by atoms with Gasteiger partial charge in [0.1, 0.15) is 35.7 Å². The highest BCUT2D eigenvalue weighted by Crippen LogP contribution is 2.26. The molecule has 2 aromatic rings. The van der Waals surface area contributed by atoms with Crippen molar-refractivity contribution in [3.8, 4) is 5.75 Å². The Balaban J connectivity index is 1.13. The van der Waals surface area contributed by atoms with Gasteiger partial charge in [-0.2, -0.15) is 0 Å². The Hall–Kier alpha value is -3.05. The predicted molar refractivity (Wildman–Crippen MR) is 171 cm³/mol. The van der Waals surface area contributed by atoms with Crippen LogP contribution in [0.1, 0.15) is 43.2 Å². The molecule has 48 heavy (non-hydrogen) atoms. The van der Waals surface area contributed by atoms with E-state index in [9.17, 15) is 34.0 Å². The molecule has 5 N–H and O–H groups in total. The number of aromatic nitrogens is 2. The number of piperazine rings is 1. The van der Waals surface area contributed by atoms with Crippen LogP contribution in [0.25, 0.3) is 0 Å². The number of β-amino-alcohol motifs (C(OH)–C–C–N with tert-alkyl or cyclic N) is 1. The third-order valence-corrected chi connectivity index (χ3v) is 9.11. The zero-order valence-corrected chi connectivity index (χ0v) is 27.5. The normalized spacial score (nSPS) is 18.8. The van der Waals surface area contributed by atoms with Gasteiger partial charge in [0, 0.05) is 88.6 Å². The minimum absolute atomic E-state index is 0.0378. The monoisotopic (exact) mass is 681 g/mol. The number of ether oxygens (including phenoxy) is 2. The molecular formula is C33H49F2N5O8. The second-order valence-corrected chi connectivity index (χ2v) is 12.6. The molecule has 1 aromatic heterocycles. The second kappa shape index (κ2) is 18.6. The number of nitrogens with zero attached hydrogens (tertiary/aromatic N) is 5. The van der Waals surface area contributed by atoms with Gasteiger partial charge in [-0.25, -0.2) is 18.7 Å². The third kappa shape index (κ3) is 10.7. The van der Waals surface area contributed by atoms with E-state index in [2.05, 4.69) is 14.9 Å². The molecule has 268 valence electrons. The lowest BCUT2D eigenvalue weighted by atomic mass is 9.92. The molecule has 0 aliphatic carbocycles. The second-order valence-electron chi connectivity index (χ2n) is 12.6. The number of methoxy groups -OCH3 is 1. The Bertz CT molecular complexity index is 1260. The van der Waals surface area contributed by atoms with Crippen LogP contribution in [-0.2, 0) is 22.6 Å². The lowest BCUT2D eigenvalue weighted by Gasteiger charge is -2.37. The Labute approximate surface area is 279 Å². The van der Waals surface area contributed by atoms with E-state index < -0.39 is 55.0 Å². The number of aliphatic hydroxyl groups excluding tert-OH is 5. The predicted octanol–water partition coefficient (Wildman–Crippen LogP) is 0.490. The molecule has 13 nitrogen and oxygen atoms in total. The van der Waals surface area contributed by atoms with Gasteiger partial charge in [0.25, 0.3) is 0 Å². The maximum atomic E-state index is 14.9. The van der Waals surface area contributed by atoms with Crippen LogP contribution in [0, 0.1) is 17.6 Å². The number of amides is 1. The van der Waals surface area contributed by atoms with Crippen molar-refractivity contribution in [1.29, 1.82) is 0 Å². The smallest absolute Gasteiger partial charge is 0.227 e. The number of hydrogen-bond acceptors (Lipinski definition) is 12. The van der Waals surface area contributed by atoms with Crippen molar-refractivity contribution in [1.82, 2.24) is 19.8 Å². The lowest BCUT2D eigenvalue weighted by molar-refractivity contribution is -0.134. The van der Waals surface area contributed by atoms with E-state index in [0.717, 1.165) is 68.8 Å². The van der Waals surface area contributed by atoms with E-state index >= 15 is 0 Å². The molecule has 3 heterocycles. The Morgan fingerprint density at radius 2 is 1.56 bits per heavy atom. The van der Waals surface area contributed by atoms with Crippen LogP contribution in [-0.4, -0.2) is 142 Å². The van der Waals surface area contributed by atoms with Crippen LogP contribution in [0.15, 0.2) is 24.5 Å². The molecule has 1 amide bonds. The van der Waals surface area contributed by atoms with Gasteiger partial charge in [0.05, 0.1) is 32.3 Å². The number of halogens is 2. The summed E-state index contributed by atoms with van der Waals surface area (Å²) in [6.45, 7) is 2.93. The van der Waals surface area contributed by atoms with Crippen molar-refractivity contribution in [2.75, 3.05) is 71.0 Å². The van der Waals surface area contributed by atoms with Gasteiger partial charge in [-0.3, -0.25) is 9.69 Å². The fourth-order valence-corrected chi connectivity index (χ4v) is 6.11. The summed E-state index contributed by atoms with van der Waals surface area (Å²) in [5, 5.41) is 48.4. The van der Waals surface area contributed by atoms with Gasteiger partial charge >= 0.3 is 0 Å². The summed E-state index contributed by atoms with van der Waals surface area (Å²) in [4.78, 5) is 27.2. The van der Waals surface area contributed by atoms with Gasteiger partial charge in [0.2, 0.25) is 11.9 Å². The quantitative estimate of drug-likeness (QED) is 0.147.